The number of halogens is 1. The van der Waals surface area contributed by atoms with Crippen molar-refractivity contribution in [1.29, 1.82) is 0 Å². The predicted molar refractivity (Wildman–Crippen MR) is 59.7 cm³/mol. The molecule has 0 bridgehead atoms. The minimum Gasteiger partial charge on any atom is -2.00 e. The van der Waals surface area contributed by atoms with E-state index in [9.17, 15) is 9.18 Å². The van der Waals surface area contributed by atoms with Gasteiger partial charge < -0.3 is 19.9 Å². The zero-order chi connectivity index (χ0) is 11.5. The summed E-state index contributed by atoms with van der Waals surface area (Å²) in [6.45, 7) is 0.845. The number of methoxy groups -OCH3 is 1. The van der Waals surface area contributed by atoms with Crippen LogP contribution in [-0.2, 0) is 15.0 Å². The summed E-state index contributed by atoms with van der Waals surface area (Å²) in [6.07, 6.45) is 0.413. The minimum atomic E-state index is -0.737. The van der Waals surface area contributed by atoms with Crippen molar-refractivity contribution < 1.29 is 38.3 Å². The maximum absolute atomic E-state index is 12.7. The first kappa shape index (κ1) is 17.1. The molecule has 0 radical (unpaired) electrons. The standard InChI is InChI=1S/C12H13FNO2.Li.O/c1-16-12(8-15)9-3-2-4-11(5-9)14-6-10(13)7-14;;/h2-5,10,12H,6-7H2,1H3;;/q-1;+1;-2. The van der Waals surface area contributed by atoms with E-state index in [0.717, 1.165) is 11.3 Å². The van der Waals surface area contributed by atoms with Crippen molar-refractivity contribution in [3.63, 3.8) is 0 Å². The number of benzene rings is 1. The first-order valence-corrected chi connectivity index (χ1v) is 5.14. The molecule has 0 N–H and O–H groups in total. The van der Waals surface area contributed by atoms with Crippen LogP contribution >= 0.6 is 0 Å². The first-order chi connectivity index (χ1) is 7.74. The van der Waals surface area contributed by atoms with E-state index in [4.69, 9.17) is 4.74 Å². The molecule has 1 aliphatic rings. The van der Waals surface area contributed by atoms with Crippen LogP contribution in [0.2, 0.25) is 0 Å². The molecule has 1 fully saturated rings. The molecular formula is C12H13FLiNO3-2. The van der Waals surface area contributed by atoms with Gasteiger partial charge in [0.25, 0.3) is 0 Å². The largest absolute Gasteiger partial charge is 2.00 e. The molecule has 1 saturated heterocycles. The molecule has 6 heteroatoms. The second kappa shape index (κ2) is 7.55. The van der Waals surface area contributed by atoms with E-state index in [1.54, 1.807) is 6.07 Å². The zero-order valence-electron chi connectivity index (χ0n) is 10.4. The fourth-order valence-corrected chi connectivity index (χ4v) is 1.77. The van der Waals surface area contributed by atoms with Gasteiger partial charge >= 0.3 is 18.9 Å². The SMILES string of the molecule is COC([C-]=O)c1cccc(N2CC(F)C2)c1.[Li+].[O-2]. The predicted octanol–water partition coefficient (Wildman–Crippen LogP) is -1.47. The van der Waals surface area contributed by atoms with E-state index in [2.05, 4.69) is 0 Å². The van der Waals surface area contributed by atoms with E-state index in [0.29, 0.717) is 13.1 Å². The van der Waals surface area contributed by atoms with Crippen molar-refractivity contribution >= 4 is 12.0 Å². The summed E-state index contributed by atoms with van der Waals surface area (Å²) in [7, 11) is 1.46. The van der Waals surface area contributed by atoms with Crippen LogP contribution in [0.3, 0.4) is 0 Å². The molecule has 1 aromatic carbocycles. The third-order valence-corrected chi connectivity index (χ3v) is 2.72. The number of anilines is 1. The van der Waals surface area contributed by atoms with Crippen LogP contribution in [0.1, 0.15) is 11.7 Å². The number of alkyl halides is 1. The molecule has 94 valence electrons. The second-order valence-corrected chi connectivity index (χ2v) is 3.83. The van der Waals surface area contributed by atoms with Crippen LogP contribution < -0.4 is 23.8 Å². The molecule has 1 heterocycles. The normalized spacial score (nSPS) is 16.0. The van der Waals surface area contributed by atoms with Gasteiger partial charge in [-0.1, -0.05) is 12.1 Å². The van der Waals surface area contributed by atoms with Crippen LogP contribution in [0.4, 0.5) is 10.1 Å². The van der Waals surface area contributed by atoms with Crippen molar-refractivity contribution in [1.82, 2.24) is 0 Å². The number of hydrogen-bond donors (Lipinski definition) is 0. The fourth-order valence-electron chi connectivity index (χ4n) is 1.77. The summed E-state index contributed by atoms with van der Waals surface area (Å²) in [6, 6.07) is 7.37. The molecule has 0 saturated carbocycles. The number of nitrogens with zero attached hydrogens (tertiary/aromatic N) is 1. The number of carbonyl (C=O) groups excluding carboxylic acids is 1. The third kappa shape index (κ3) is 3.56. The Balaban J connectivity index is 0.00000144. The Kier molecular flexibility index (Phi) is 7.18. The summed E-state index contributed by atoms with van der Waals surface area (Å²) in [4.78, 5) is 12.6. The molecule has 1 aliphatic heterocycles. The summed E-state index contributed by atoms with van der Waals surface area (Å²) in [5.74, 6) is 0. The Bertz CT molecular complexity index is 385. The summed E-state index contributed by atoms with van der Waals surface area (Å²) < 4.78 is 17.7. The van der Waals surface area contributed by atoms with Crippen LogP contribution in [0.25, 0.3) is 0 Å². The Morgan fingerprint density at radius 3 is 2.67 bits per heavy atom. The number of ether oxygens (including phenoxy) is 1. The molecule has 18 heavy (non-hydrogen) atoms. The van der Waals surface area contributed by atoms with E-state index in [1.807, 2.05) is 29.4 Å². The molecule has 0 aromatic heterocycles. The summed E-state index contributed by atoms with van der Waals surface area (Å²) in [5, 5.41) is 0. The van der Waals surface area contributed by atoms with Crippen LogP contribution in [-0.4, -0.2) is 32.7 Å². The average Bonchev–Trinajstić information content (AvgIpc) is 2.27. The van der Waals surface area contributed by atoms with Crippen molar-refractivity contribution in [2.75, 3.05) is 25.1 Å². The van der Waals surface area contributed by atoms with Gasteiger partial charge in [0, 0.05) is 12.8 Å². The Morgan fingerprint density at radius 1 is 1.50 bits per heavy atom. The molecule has 0 aliphatic carbocycles. The fraction of sp³-hybridized carbons (Fsp3) is 0.417. The van der Waals surface area contributed by atoms with Gasteiger partial charge in [0.1, 0.15) is 6.17 Å². The van der Waals surface area contributed by atoms with Gasteiger partial charge in [-0.2, -0.15) is 0 Å². The molecule has 0 spiro atoms. The molecule has 0 amide bonds. The molecule has 1 aromatic rings. The van der Waals surface area contributed by atoms with Gasteiger partial charge in [0.2, 0.25) is 0 Å². The van der Waals surface area contributed by atoms with E-state index < -0.39 is 12.3 Å². The zero-order valence-corrected chi connectivity index (χ0v) is 10.4. The van der Waals surface area contributed by atoms with Crippen LogP contribution in [0.15, 0.2) is 24.3 Å². The van der Waals surface area contributed by atoms with E-state index in [-0.39, 0.29) is 24.3 Å². The van der Waals surface area contributed by atoms with Crippen molar-refractivity contribution in [2.45, 2.75) is 12.3 Å². The minimum absolute atomic E-state index is 0. The maximum Gasteiger partial charge on any atom is 1.00 e. The quantitative estimate of drug-likeness (QED) is 0.480. The first-order valence-electron chi connectivity index (χ1n) is 5.14. The molecule has 1 unspecified atom stereocenters. The smallest absolute Gasteiger partial charge is 1.00 e. The molecule has 4 nitrogen and oxygen atoms in total. The third-order valence-electron chi connectivity index (χ3n) is 2.72. The average molecular weight is 245 g/mol. The van der Waals surface area contributed by atoms with Gasteiger partial charge in [0.15, 0.2) is 0 Å². The number of rotatable bonds is 4. The second-order valence-electron chi connectivity index (χ2n) is 3.83. The van der Waals surface area contributed by atoms with Crippen molar-refractivity contribution in [2.24, 2.45) is 0 Å². The Morgan fingerprint density at radius 2 is 2.17 bits per heavy atom. The van der Waals surface area contributed by atoms with Gasteiger partial charge in [-0.3, -0.25) is 0 Å². The van der Waals surface area contributed by atoms with Crippen molar-refractivity contribution in [3.05, 3.63) is 29.8 Å². The molecule has 2 rings (SSSR count). The van der Waals surface area contributed by atoms with Gasteiger partial charge in [-0.05, 0) is 23.8 Å². The van der Waals surface area contributed by atoms with E-state index in [1.165, 1.54) is 7.11 Å². The number of hydrogen-bond acceptors (Lipinski definition) is 3. The topological polar surface area (TPSA) is 58.0 Å². The van der Waals surface area contributed by atoms with Gasteiger partial charge in [-0.25, -0.2) is 10.7 Å². The molecular weight excluding hydrogens is 232 g/mol. The molecule has 1 atom stereocenters. The summed E-state index contributed by atoms with van der Waals surface area (Å²) >= 11 is 0. The monoisotopic (exact) mass is 245 g/mol. The Hall–Kier alpha value is -0.863. The van der Waals surface area contributed by atoms with Crippen LogP contribution in [0.5, 0.6) is 0 Å². The maximum atomic E-state index is 12.7. The Labute approximate surface area is 118 Å². The summed E-state index contributed by atoms with van der Waals surface area (Å²) in [5.41, 5.74) is 1.67. The van der Waals surface area contributed by atoms with Gasteiger partial charge in [0.05, 0.1) is 13.1 Å². The van der Waals surface area contributed by atoms with Crippen molar-refractivity contribution in [3.8, 4) is 0 Å². The van der Waals surface area contributed by atoms with Crippen LogP contribution in [0, 0.1) is 0 Å². The van der Waals surface area contributed by atoms with Gasteiger partial charge in [-0.15, -0.1) is 0 Å². The van der Waals surface area contributed by atoms with E-state index >= 15 is 0 Å².